The van der Waals surface area contributed by atoms with Gasteiger partial charge in [-0.3, -0.25) is 0 Å². The maximum absolute atomic E-state index is 4.49. The van der Waals surface area contributed by atoms with Crippen LogP contribution in [0.25, 0.3) is 0 Å². The lowest BCUT2D eigenvalue weighted by Gasteiger charge is -2.21. The third-order valence-corrected chi connectivity index (χ3v) is 5.31. The van der Waals surface area contributed by atoms with Crippen molar-refractivity contribution in [2.24, 2.45) is 0 Å². The molecule has 0 aromatic carbocycles. The van der Waals surface area contributed by atoms with Crippen LogP contribution in [0.5, 0.6) is 0 Å². The summed E-state index contributed by atoms with van der Waals surface area (Å²) in [5.74, 6) is 0.793. The standard InChI is InChI=1S/C12H20N2S2/c1-12(2,15-3)8-13-6-10-7-14-11(16-10)9-4-5-9/h7,9,13H,4-6,8H2,1-3H3. The molecule has 0 saturated heterocycles. The van der Waals surface area contributed by atoms with Gasteiger partial charge in [-0.25, -0.2) is 4.98 Å². The van der Waals surface area contributed by atoms with E-state index in [2.05, 4.69) is 30.4 Å². The van der Waals surface area contributed by atoms with Crippen LogP contribution in [0.3, 0.4) is 0 Å². The van der Waals surface area contributed by atoms with Gasteiger partial charge in [0.05, 0.1) is 5.01 Å². The van der Waals surface area contributed by atoms with E-state index in [0.717, 1.165) is 19.0 Å². The van der Waals surface area contributed by atoms with Crippen LogP contribution >= 0.6 is 23.1 Å². The molecule has 0 radical (unpaired) electrons. The zero-order valence-electron chi connectivity index (χ0n) is 10.2. The molecule has 0 aliphatic heterocycles. The van der Waals surface area contributed by atoms with Crippen LogP contribution in [-0.2, 0) is 6.54 Å². The highest BCUT2D eigenvalue weighted by Crippen LogP contribution is 2.41. The SMILES string of the molecule is CSC(C)(C)CNCc1cnc(C2CC2)s1. The number of hydrogen-bond donors (Lipinski definition) is 1. The first-order valence-electron chi connectivity index (χ1n) is 5.81. The van der Waals surface area contributed by atoms with E-state index >= 15 is 0 Å². The van der Waals surface area contributed by atoms with Crippen LogP contribution in [0.2, 0.25) is 0 Å². The Hall–Kier alpha value is -0.0600. The minimum atomic E-state index is 0.323. The Kier molecular flexibility index (Phi) is 3.93. The van der Waals surface area contributed by atoms with Gasteiger partial charge in [0.25, 0.3) is 0 Å². The van der Waals surface area contributed by atoms with Crippen molar-refractivity contribution in [2.75, 3.05) is 12.8 Å². The van der Waals surface area contributed by atoms with E-state index in [-0.39, 0.29) is 0 Å². The summed E-state index contributed by atoms with van der Waals surface area (Å²) in [5, 5.41) is 4.86. The minimum absolute atomic E-state index is 0.323. The summed E-state index contributed by atoms with van der Waals surface area (Å²) >= 11 is 3.79. The second-order valence-corrected chi connectivity index (χ2v) is 7.67. The number of rotatable bonds is 6. The summed E-state index contributed by atoms with van der Waals surface area (Å²) in [6.07, 6.45) is 6.90. The van der Waals surface area contributed by atoms with E-state index in [1.807, 2.05) is 29.3 Å². The van der Waals surface area contributed by atoms with E-state index in [0.29, 0.717) is 4.75 Å². The van der Waals surface area contributed by atoms with Gasteiger partial charge in [-0.15, -0.1) is 11.3 Å². The van der Waals surface area contributed by atoms with Crippen molar-refractivity contribution in [2.45, 2.75) is 43.9 Å². The van der Waals surface area contributed by atoms with Gasteiger partial charge in [0, 0.05) is 34.8 Å². The van der Waals surface area contributed by atoms with Crippen molar-refractivity contribution in [1.29, 1.82) is 0 Å². The fraction of sp³-hybridized carbons (Fsp3) is 0.750. The number of hydrogen-bond acceptors (Lipinski definition) is 4. The van der Waals surface area contributed by atoms with E-state index in [4.69, 9.17) is 0 Å². The number of thioether (sulfide) groups is 1. The van der Waals surface area contributed by atoms with Crippen LogP contribution in [-0.4, -0.2) is 22.5 Å². The predicted octanol–water partition coefficient (Wildman–Crippen LogP) is 3.25. The van der Waals surface area contributed by atoms with Gasteiger partial charge in [-0.1, -0.05) is 0 Å². The lowest BCUT2D eigenvalue weighted by molar-refractivity contribution is 0.594. The van der Waals surface area contributed by atoms with Crippen LogP contribution in [0.1, 0.15) is 42.5 Å². The molecule has 1 N–H and O–H groups in total. The van der Waals surface area contributed by atoms with Crippen molar-refractivity contribution >= 4 is 23.1 Å². The number of thiazole rings is 1. The highest BCUT2D eigenvalue weighted by atomic mass is 32.2. The highest BCUT2D eigenvalue weighted by Gasteiger charge is 2.26. The minimum Gasteiger partial charge on any atom is -0.310 e. The fourth-order valence-corrected chi connectivity index (χ4v) is 2.78. The summed E-state index contributed by atoms with van der Waals surface area (Å²) in [4.78, 5) is 5.86. The van der Waals surface area contributed by atoms with Crippen LogP contribution < -0.4 is 5.32 Å². The Morgan fingerprint density at radius 3 is 2.94 bits per heavy atom. The number of nitrogens with one attached hydrogen (secondary N) is 1. The fourth-order valence-electron chi connectivity index (χ4n) is 1.48. The van der Waals surface area contributed by atoms with E-state index in [1.54, 1.807) is 0 Å². The average molecular weight is 256 g/mol. The molecule has 4 heteroatoms. The molecule has 0 unspecified atom stereocenters. The lowest BCUT2D eigenvalue weighted by atomic mass is 10.2. The van der Waals surface area contributed by atoms with Gasteiger partial charge in [-0.2, -0.15) is 11.8 Å². The van der Waals surface area contributed by atoms with Gasteiger partial charge in [-0.05, 0) is 32.9 Å². The summed E-state index contributed by atoms with van der Waals surface area (Å²) < 4.78 is 0.323. The van der Waals surface area contributed by atoms with Crippen molar-refractivity contribution < 1.29 is 0 Å². The molecule has 1 saturated carbocycles. The first kappa shape index (κ1) is 12.4. The van der Waals surface area contributed by atoms with E-state index in [1.165, 1.54) is 22.7 Å². The zero-order valence-corrected chi connectivity index (χ0v) is 11.9. The van der Waals surface area contributed by atoms with Crippen molar-refractivity contribution in [3.63, 3.8) is 0 Å². The maximum Gasteiger partial charge on any atom is 0.0959 e. The Morgan fingerprint density at radius 2 is 2.31 bits per heavy atom. The molecular weight excluding hydrogens is 236 g/mol. The molecule has 0 spiro atoms. The molecule has 1 heterocycles. The zero-order chi connectivity index (χ0) is 11.6. The molecular formula is C12H20N2S2. The molecule has 16 heavy (non-hydrogen) atoms. The maximum atomic E-state index is 4.49. The molecule has 1 aromatic rings. The van der Waals surface area contributed by atoms with Crippen LogP contribution in [0.4, 0.5) is 0 Å². The number of aromatic nitrogens is 1. The van der Waals surface area contributed by atoms with Gasteiger partial charge >= 0.3 is 0 Å². The Balaban J connectivity index is 1.76. The topological polar surface area (TPSA) is 24.9 Å². The normalized spacial score (nSPS) is 16.7. The average Bonchev–Trinajstić information content (AvgIpc) is 3.00. The van der Waals surface area contributed by atoms with Crippen LogP contribution in [0, 0.1) is 0 Å². The van der Waals surface area contributed by atoms with Gasteiger partial charge in [0.2, 0.25) is 0 Å². The molecule has 1 aromatic heterocycles. The Bertz CT molecular complexity index is 343. The van der Waals surface area contributed by atoms with Crippen molar-refractivity contribution in [3.8, 4) is 0 Å². The highest BCUT2D eigenvalue weighted by molar-refractivity contribution is 7.99. The molecule has 2 nitrogen and oxygen atoms in total. The molecule has 0 amide bonds. The molecule has 0 atom stereocenters. The predicted molar refractivity (Wildman–Crippen MR) is 73.4 cm³/mol. The van der Waals surface area contributed by atoms with E-state index in [9.17, 15) is 0 Å². The second kappa shape index (κ2) is 5.07. The molecule has 0 bridgehead atoms. The number of nitrogens with zero attached hydrogens (tertiary/aromatic N) is 1. The molecule has 2 rings (SSSR count). The third kappa shape index (κ3) is 3.47. The Morgan fingerprint density at radius 1 is 1.56 bits per heavy atom. The van der Waals surface area contributed by atoms with Gasteiger partial charge in [0.1, 0.15) is 0 Å². The van der Waals surface area contributed by atoms with Gasteiger partial charge in [0.15, 0.2) is 0 Å². The van der Waals surface area contributed by atoms with Gasteiger partial charge < -0.3 is 5.32 Å². The van der Waals surface area contributed by atoms with E-state index < -0.39 is 0 Å². The quantitative estimate of drug-likeness (QED) is 0.845. The molecule has 1 aliphatic carbocycles. The Labute approximate surface area is 106 Å². The monoisotopic (exact) mass is 256 g/mol. The molecule has 1 aliphatic rings. The summed E-state index contributed by atoms with van der Waals surface area (Å²) in [6.45, 7) is 6.55. The summed E-state index contributed by atoms with van der Waals surface area (Å²) in [7, 11) is 0. The largest absolute Gasteiger partial charge is 0.310 e. The third-order valence-electron chi connectivity index (χ3n) is 2.90. The molecule has 1 fully saturated rings. The first-order valence-corrected chi connectivity index (χ1v) is 7.85. The van der Waals surface area contributed by atoms with Crippen molar-refractivity contribution in [1.82, 2.24) is 10.3 Å². The second-order valence-electron chi connectivity index (χ2n) is 5.01. The van der Waals surface area contributed by atoms with Crippen molar-refractivity contribution in [3.05, 3.63) is 16.1 Å². The first-order chi connectivity index (χ1) is 7.61. The lowest BCUT2D eigenvalue weighted by Crippen LogP contribution is -2.31. The summed E-state index contributed by atoms with van der Waals surface area (Å²) in [6, 6.07) is 0. The van der Waals surface area contributed by atoms with Crippen LogP contribution in [0.15, 0.2) is 6.20 Å². The summed E-state index contributed by atoms with van der Waals surface area (Å²) in [5.41, 5.74) is 0. The smallest absolute Gasteiger partial charge is 0.0959 e. The molecule has 90 valence electrons.